The topological polar surface area (TPSA) is 75.3 Å². The lowest BCUT2D eigenvalue weighted by molar-refractivity contribution is 0.0728. The third kappa shape index (κ3) is 3.26. The molecule has 0 aliphatic carbocycles. The number of H-pyrrole nitrogens is 1. The second-order valence-electron chi connectivity index (χ2n) is 5.62. The Morgan fingerprint density at radius 1 is 1.35 bits per heavy atom. The molecule has 1 N–H and O–H groups in total. The van der Waals surface area contributed by atoms with Crippen molar-refractivity contribution in [2.45, 2.75) is 25.3 Å². The number of aromatic nitrogens is 2. The van der Waals surface area contributed by atoms with Gasteiger partial charge in [-0.05, 0) is 37.0 Å². The van der Waals surface area contributed by atoms with Crippen molar-refractivity contribution in [3.8, 4) is 5.75 Å². The number of amides is 1. The van der Waals surface area contributed by atoms with E-state index in [-0.39, 0.29) is 23.2 Å². The van der Waals surface area contributed by atoms with Crippen molar-refractivity contribution in [1.29, 1.82) is 0 Å². The van der Waals surface area contributed by atoms with E-state index in [9.17, 15) is 9.59 Å². The molecule has 6 heteroatoms. The fourth-order valence-electron chi connectivity index (χ4n) is 3.05. The molecular formula is C17H19N3O3. The van der Waals surface area contributed by atoms with Crippen LogP contribution < -0.4 is 10.3 Å². The van der Waals surface area contributed by atoms with Crippen molar-refractivity contribution >= 4 is 5.91 Å². The number of aromatic amines is 1. The van der Waals surface area contributed by atoms with Gasteiger partial charge in [0, 0.05) is 18.7 Å². The number of carbonyl (C=O) groups is 1. The lowest BCUT2D eigenvalue weighted by atomic mass is 10.0. The molecule has 0 unspecified atom stereocenters. The zero-order chi connectivity index (χ0) is 16.2. The number of para-hydroxylation sites is 1. The first-order valence-electron chi connectivity index (χ1n) is 7.67. The highest BCUT2D eigenvalue weighted by Crippen LogP contribution is 2.26. The number of carbonyl (C=O) groups excluding carboxylic acids is 1. The van der Waals surface area contributed by atoms with Gasteiger partial charge in [-0.3, -0.25) is 9.59 Å². The van der Waals surface area contributed by atoms with Gasteiger partial charge >= 0.3 is 0 Å². The minimum Gasteiger partial charge on any atom is -0.496 e. The van der Waals surface area contributed by atoms with Gasteiger partial charge in [-0.2, -0.15) is 5.10 Å². The molecule has 0 saturated carbocycles. The Bertz CT molecular complexity index is 736. The molecule has 1 fully saturated rings. The SMILES string of the molecule is COc1ccccc1C[C@@H]1CCCN1C(=O)c1ccc(=O)[nH]n1. The number of ether oxygens (including phenoxy) is 1. The van der Waals surface area contributed by atoms with Gasteiger partial charge in [-0.25, -0.2) is 5.10 Å². The smallest absolute Gasteiger partial charge is 0.274 e. The molecule has 3 rings (SSSR count). The highest BCUT2D eigenvalue weighted by Gasteiger charge is 2.30. The number of rotatable bonds is 4. The van der Waals surface area contributed by atoms with Crippen LogP contribution in [0.4, 0.5) is 0 Å². The highest BCUT2D eigenvalue weighted by atomic mass is 16.5. The molecule has 23 heavy (non-hydrogen) atoms. The van der Waals surface area contributed by atoms with Crippen LogP contribution in [0.2, 0.25) is 0 Å². The maximum Gasteiger partial charge on any atom is 0.274 e. The monoisotopic (exact) mass is 313 g/mol. The molecule has 1 amide bonds. The van der Waals surface area contributed by atoms with Crippen LogP contribution in [-0.4, -0.2) is 40.7 Å². The van der Waals surface area contributed by atoms with Crippen LogP contribution in [0.5, 0.6) is 5.75 Å². The molecule has 0 bridgehead atoms. The molecule has 120 valence electrons. The molecule has 6 nitrogen and oxygen atoms in total. The summed E-state index contributed by atoms with van der Waals surface area (Å²) in [4.78, 5) is 25.5. The quantitative estimate of drug-likeness (QED) is 0.931. The third-order valence-corrected chi connectivity index (χ3v) is 4.18. The van der Waals surface area contributed by atoms with Gasteiger partial charge in [0.15, 0.2) is 0 Å². The van der Waals surface area contributed by atoms with Crippen molar-refractivity contribution in [3.05, 3.63) is 58.0 Å². The maximum atomic E-state index is 12.6. The minimum absolute atomic E-state index is 0.118. The van der Waals surface area contributed by atoms with E-state index >= 15 is 0 Å². The molecule has 1 atom stereocenters. The fraction of sp³-hybridized carbons (Fsp3) is 0.353. The largest absolute Gasteiger partial charge is 0.496 e. The van der Waals surface area contributed by atoms with E-state index in [0.717, 1.165) is 30.6 Å². The first-order valence-corrected chi connectivity index (χ1v) is 7.67. The number of likely N-dealkylation sites (tertiary alicyclic amines) is 1. The summed E-state index contributed by atoms with van der Waals surface area (Å²) in [7, 11) is 1.65. The van der Waals surface area contributed by atoms with Gasteiger partial charge in [0.05, 0.1) is 7.11 Å². The van der Waals surface area contributed by atoms with Crippen molar-refractivity contribution in [3.63, 3.8) is 0 Å². The van der Waals surface area contributed by atoms with Gasteiger partial charge in [0.25, 0.3) is 11.5 Å². The number of hydrogen-bond acceptors (Lipinski definition) is 4. The standard InChI is InChI=1S/C17H19N3O3/c1-23-15-7-3-2-5-12(15)11-13-6-4-10-20(13)17(22)14-8-9-16(21)19-18-14/h2-3,5,7-9,13H,4,6,10-11H2,1H3,(H,19,21)/t13-/m0/s1. The molecule has 2 aromatic rings. The summed E-state index contributed by atoms with van der Waals surface area (Å²) in [5, 5.41) is 6.16. The average Bonchev–Trinajstić information content (AvgIpc) is 3.03. The summed E-state index contributed by atoms with van der Waals surface area (Å²) in [6.07, 6.45) is 2.67. The summed E-state index contributed by atoms with van der Waals surface area (Å²) in [6.45, 7) is 0.708. The molecule has 1 saturated heterocycles. The van der Waals surface area contributed by atoms with E-state index in [0.29, 0.717) is 6.54 Å². The summed E-state index contributed by atoms with van der Waals surface area (Å²) < 4.78 is 5.39. The van der Waals surface area contributed by atoms with E-state index < -0.39 is 0 Å². The Balaban J connectivity index is 1.78. The zero-order valence-electron chi connectivity index (χ0n) is 13.0. The fourth-order valence-corrected chi connectivity index (χ4v) is 3.05. The summed E-state index contributed by atoms with van der Waals surface area (Å²) in [5.74, 6) is 0.701. The van der Waals surface area contributed by atoms with Crippen molar-refractivity contribution in [2.75, 3.05) is 13.7 Å². The Labute approximate surface area is 134 Å². The van der Waals surface area contributed by atoms with E-state index in [1.165, 1.54) is 12.1 Å². The summed E-state index contributed by atoms with van der Waals surface area (Å²) in [6, 6.07) is 10.8. The first kappa shape index (κ1) is 15.3. The van der Waals surface area contributed by atoms with Crippen LogP contribution in [0.25, 0.3) is 0 Å². The summed E-state index contributed by atoms with van der Waals surface area (Å²) in [5.41, 5.74) is 1.05. The molecule has 1 aliphatic rings. The number of benzene rings is 1. The van der Waals surface area contributed by atoms with Crippen LogP contribution in [-0.2, 0) is 6.42 Å². The molecule has 0 spiro atoms. The van der Waals surface area contributed by atoms with Gasteiger partial charge in [0.2, 0.25) is 0 Å². The normalized spacial score (nSPS) is 17.3. The minimum atomic E-state index is -0.312. The first-order chi connectivity index (χ1) is 11.2. The zero-order valence-corrected chi connectivity index (χ0v) is 13.0. The molecule has 1 aromatic carbocycles. The van der Waals surface area contributed by atoms with Gasteiger partial charge < -0.3 is 9.64 Å². The van der Waals surface area contributed by atoms with Crippen molar-refractivity contribution in [2.24, 2.45) is 0 Å². The number of methoxy groups -OCH3 is 1. The third-order valence-electron chi connectivity index (χ3n) is 4.18. The highest BCUT2D eigenvalue weighted by molar-refractivity contribution is 5.92. The summed E-state index contributed by atoms with van der Waals surface area (Å²) >= 11 is 0. The lowest BCUT2D eigenvalue weighted by Crippen LogP contribution is -2.37. The Morgan fingerprint density at radius 3 is 2.91 bits per heavy atom. The second kappa shape index (κ2) is 6.64. The molecule has 1 aliphatic heterocycles. The van der Waals surface area contributed by atoms with E-state index in [1.54, 1.807) is 7.11 Å². The Kier molecular flexibility index (Phi) is 4.41. The van der Waals surface area contributed by atoms with Gasteiger partial charge in [-0.1, -0.05) is 18.2 Å². The Hall–Kier alpha value is -2.63. The van der Waals surface area contributed by atoms with Gasteiger partial charge in [0.1, 0.15) is 11.4 Å². The molecule has 2 heterocycles. The number of nitrogens with one attached hydrogen (secondary N) is 1. The van der Waals surface area contributed by atoms with Crippen LogP contribution >= 0.6 is 0 Å². The predicted molar refractivity (Wildman–Crippen MR) is 85.6 cm³/mol. The van der Waals surface area contributed by atoms with E-state index in [1.807, 2.05) is 29.2 Å². The molecule has 0 radical (unpaired) electrons. The second-order valence-corrected chi connectivity index (χ2v) is 5.62. The average molecular weight is 313 g/mol. The predicted octanol–water partition coefficient (Wildman–Crippen LogP) is 1.63. The van der Waals surface area contributed by atoms with Crippen LogP contribution in [0.1, 0.15) is 28.9 Å². The van der Waals surface area contributed by atoms with Crippen molar-refractivity contribution < 1.29 is 9.53 Å². The number of nitrogens with zero attached hydrogens (tertiary/aromatic N) is 2. The van der Waals surface area contributed by atoms with E-state index in [2.05, 4.69) is 10.2 Å². The van der Waals surface area contributed by atoms with Crippen LogP contribution in [0.15, 0.2) is 41.2 Å². The van der Waals surface area contributed by atoms with Crippen molar-refractivity contribution in [1.82, 2.24) is 15.1 Å². The number of hydrogen-bond donors (Lipinski definition) is 1. The molecular weight excluding hydrogens is 294 g/mol. The van der Waals surface area contributed by atoms with Crippen LogP contribution in [0.3, 0.4) is 0 Å². The Morgan fingerprint density at radius 2 is 2.17 bits per heavy atom. The lowest BCUT2D eigenvalue weighted by Gasteiger charge is -2.25. The van der Waals surface area contributed by atoms with Crippen LogP contribution in [0, 0.1) is 0 Å². The van der Waals surface area contributed by atoms with Gasteiger partial charge in [-0.15, -0.1) is 0 Å². The molecule has 1 aromatic heterocycles. The van der Waals surface area contributed by atoms with E-state index in [4.69, 9.17) is 4.74 Å². The maximum absolute atomic E-state index is 12.6.